The van der Waals surface area contributed by atoms with Crippen molar-refractivity contribution >= 4 is 27.9 Å². The van der Waals surface area contributed by atoms with Crippen molar-refractivity contribution in [2.45, 2.75) is 19.0 Å². The molecule has 3 aromatic rings. The molecule has 3 amide bonds. The zero-order chi connectivity index (χ0) is 22.2. The van der Waals surface area contributed by atoms with Crippen molar-refractivity contribution < 1.29 is 23.6 Å². The predicted octanol–water partition coefficient (Wildman–Crippen LogP) is 3.48. The Morgan fingerprint density at radius 1 is 1.16 bits per heavy atom. The normalized spacial score (nSPS) is 18.3. The summed E-state index contributed by atoms with van der Waals surface area (Å²) in [5, 5.41) is 6.73. The lowest BCUT2D eigenvalue weighted by atomic mass is 9.92. The van der Waals surface area contributed by atoms with Gasteiger partial charge in [-0.25, -0.2) is 4.79 Å². The van der Waals surface area contributed by atoms with Gasteiger partial charge in [-0.15, -0.1) is 0 Å². The minimum absolute atomic E-state index is 0.118. The molecule has 0 aliphatic carbocycles. The van der Waals surface area contributed by atoms with Gasteiger partial charge in [0, 0.05) is 16.1 Å². The van der Waals surface area contributed by atoms with Gasteiger partial charge < -0.3 is 19.3 Å². The first-order valence-electron chi connectivity index (χ1n) is 9.31. The van der Waals surface area contributed by atoms with E-state index in [4.69, 9.17) is 14.0 Å². The molecule has 0 bridgehead atoms. The number of nitrogens with zero attached hydrogens (tertiary/aromatic N) is 3. The summed E-state index contributed by atoms with van der Waals surface area (Å²) < 4.78 is 16.6. The summed E-state index contributed by atoms with van der Waals surface area (Å²) in [7, 11) is 3.08. The first-order chi connectivity index (χ1) is 14.9. The molecule has 1 aliphatic heterocycles. The van der Waals surface area contributed by atoms with E-state index in [-0.39, 0.29) is 18.3 Å². The van der Waals surface area contributed by atoms with Crippen LogP contribution in [-0.2, 0) is 16.9 Å². The highest BCUT2D eigenvalue weighted by molar-refractivity contribution is 9.10. The fraction of sp³-hybridized carbons (Fsp3) is 0.238. The van der Waals surface area contributed by atoms with Crippen LogP contribution in [0.5, 0.6) is 11.5 Å². The molecule has 1 atom stereocenters. The number of carbonyl (C=O) groups excluding carboxylic acids is 2. The topological polar surface area (TPSA) is 107 Å². The van der Waals surface area contributed by atoms with Gasteiger partial charge in [0.05, 0.1) is 19.8 Å². The lowest BCUT2D eigenvalue weighted by Crippen LogP contribution is -2.41. The maximum absolute atomic E-state index is 13.1. The van der Waals surface area contributed by atoms with Crippen LogP contribution >= 0.6 is 15.9 Å². The second-order valence-corrected chi connectivity index (χ2v) is 7.86. The average Bonchev–Trinajstić information content (AvgIpc) is 3.32. The van der Waals surface area contributed by atoms with E-state index in [1.165, 1.54) is 7.11 Å². The van der Waals surface area contributed by atoms with Gasteiger partial charge in [-0.05, 0) is 25.1 Å². The number of amides is 3. The van der Waals surface area contributed by atoms with E-state index in [0.29, 0.717) is 22.6 Å². The summed E-state index contributed by atoms with van der Waals surface area (Å²) in [6.45, 7) is 1.50. The smallest absolute Gasteiger partial charge is 0.325 e. The lowest BCUT2D eigenvalue weighted by molar-refractivity contribution is -0.131. The largest absolute Gasteiger partial charge is 0.497 e. The minimum Gasteiger partial charge on any atom is -0.497 e. The molecule has 0 spiro atoms. The predicted molar refractivity (Wildman–Crippen MR) is 113 cm³/mol. The van der Waals surface area contributed by atoms with Gasteiger partial charge in [-0.2, -0.15) is 4.98 Å². The van der Waals surface area contributed by atoms with Crippen LogP contribution in [-0.4, -0.2) is 41.2 Å². The molecule has 1 fully saturated rings. The van der Waals surface area contributed by atoms with Crippen LogP contribution in [0.1, 0.15) is 18.4 Å². The molecule has 31 heavy (non-hydrogen) atoms. The molecule has 160 valence electrons. The monoisotopic (exact) mass is 486 g/mol. The number of aromatic nitrogens is 2. The van der Waals surface area contributed by atoms with Crippen LogP contribution in [0, 0.1) is 0 Å². The minimum atomic E-state index is -1.21. The third kappa shape index (κ3) is 3.63. The first-order valence-corrected chi connectivity index (χ1v) is 10.1. The highest BCUT2D eigenvalue weighted by Gasteiger charge is 2.50. The summed E-state index contributed by atoms with van der Waals surface area (Å²) in [6, 6.07) is 11.9. The maximum atomic E-state index is 13.1. The molecule has 1 saturated heterocycles. The van der Waals surface area contributed by atoms with Gasteiger partial charge in [-0.3, -0.25) is 9.69 Å². The summed E-state index contributed by atoms with van der Waals surface area (Å²) in [6.07, 6.45) is 0. The fourth-order valence-corrected chi connectivity index (χ4v) is 4.12. The summed E-state index contributed by atoms with van der Waals surface area (Å²) in [5.74, 6) is 1.10. The zero-order valence-corrected chi connectivity index (χ0v) is 18.6. The molecule has 1 N–H and O–H groups in total. The van der Waals surface area contributed by atoms with Crippen LogP contribution in [0.15, 0.2) is 51.5 Å². The third-order valence-electron chi connectivity index (χ3n) is 5.10. The molecule has 4 rings (SSSR count). The van der Waals surface area contributed by atoms with E-state index in [1.807, 2.05) is 12.1 Å². The SMILES string of the molecule is COc1ccc(-c2noc(CN3C(=O)N[C@](C)(c4ccccc4Br)C3=O)n2)c(OC)c1. The maximum Gasteiger partial charge on any atom is 0.325 e. The van der Waals surface area contributed by atoms with Crippen molar-refractivity contribution in [2.75, 3.05) is 14.2 Å². The quantitative estimate of drug-likeness (QED) is 0.531. The lowest BCUT2D eigenvalue weighted by Gasteiger charge is -2.23. The molecule has 1 aliphatic rings. The first kappa shape index (κ1) is 20.9. The second kappa shape index (κ2) is 8.03. The number of rotatable bonds is 6. The van der Waals surface area contributed by atoms with E-state index >= 15 is 0 Å². The Labute approximate surface area is 186 Å². The Balaban J connectivity index is 1.59. The summed E-state index contributed by atoms with van der Waals surface area (Å²) >= 11 is 3.45. The van der Waals surface area contributed by atoms with Crippen molar-refractivity contribution in [3.8, 4) is 22.9 Å². The summed E-state index contributed by atoms with van der Waals surface area (Å²) in [5.41, 5.74) is 0.0396. The number of ether oxygens (including phenoxy) is 2. The standard InChI is InChI=1S/C21H19BrN4O5/c1-21(14-6-4-5-7-15(14)22)19(27)26(20(28)24-21)11-17-23-18(25-31-17)13-9-8-12(29-2)10-16(13)30-3/h4-10H,11H2,1-3H3,(H,24,28)/t21-/m1/s1. The molecular weight excluding hydrogens is 468 g/mol. The van der Waals surface area contributed by atoms with E-state index in [2.05, 4.69) is 31.4 Å². The van der Waals surface area contributed by atoms with Crippen LogP contribution in [0.4, 0.5) is 4.79 Å². The van der Waals surface area contributed by atoms with Crippen LogP contribution in [0.3, 0.4) is 0 Å². The highest BCUT2D eigenvalue weighted by Crippen LogP contribution is 2.35. The van der Waals surface area contributed by atoms with Crippen LogP contribution < -0.4 is 14.8 Å². The number of benzene rings is 2. The average molecular weight is 487 g/mol. The van der Waals surface area contributed by atoms with E-state index in [9.17, 15) is 9.59 Å². The van der Waals surface area contributed by atoms with Crippen molar-refractivity contribution in [3.63, 3.8) is 0 Å². The number of carbonyl (C=O) groups is 2. The Kier molecular flexibility index (Phi) is 5.40. The molecule has 9 nitrogen and oxygen atoms in total. The van der Waals surface area contributed by atoms with Crippen molar-refractivity contribution in [1.82, 2.24) is 20.4 Å². The Morgan fingerprint density at radius 2 is 1.94 bits per heavy atom. The van der Waals surface area contributed by atoms with Crippen molar-refractivity contribution in [3.05, 3.63) is 58.4 Å². The molecular formula is C21H19BrN4O5. The Hall–Kier alpha value is -3.40. The fourth-order valence-electron chi connectivity index (χ4n) is 3.44. The third-order valence-corrected chi connectivity index (χ3v) is 5.79. The number of hydrogen-bond donors (Lipinski definition) is 1. The van der Waals surface area contributed by atoms with Gasteiger partial charge in [-0.1, -0.05) is 39.3 Å². The zero-order valence-electron chi connectivity index (χ0n) is 17.0. The Morgan fingerprint density at radius 3 is 2.65 bits per heavy atom. The molecule has 1 aromatic heterocycles. The van der Waals surface area contributed by atoms with Gasteiger partial charge in [0.1, 0.15) is 23.6 Å². The second-order valence-electron chi connectivity index (χ2n) is 7.00. The van der Waals surface area contributed by atoms with Gasteiger partial charge >= 0.3 is 6.03 Å². The molecule has 0 radical (unpaired) electrons. The molecule has 0 unspecified atom stereocenters. The van der Waals surface area contributed by atoms with Gasteiger partial charge in [0.15, 0.2) is 0 Å². The Bertz CT molecular complexity index is 1160. The molecule has 0 saturated carbocycles. The molecule has 2 heterocycles. The van der Waals surface area contributed by atoms with Gasteiger partial charge in [0.25, 0.3) is 5.91 Å². The van der Waals surface area contributed by atoms with E-state index < -0.39 is 17.5 Å². The van der Waals surface area contributed by atoms with E-state index in [1.54, 1.807) is 44.4 Å². The van der Waals surface area contributed by atoms with Crippen molar-refractivity contribution in [1.29, 1.82) is 0 Å². The number of methoxy groups -OCH3 is 2. The van der Waals surface area contributed by atoms with Crippen LogP contribution in [0.25, 0.3) is 11.4 Å². The molecule has 10 heteroatoms. The number of urea groups is 1. The number of nitrogens with one attached hydrogen (secondary N) is 1. The summed E-state index contributed by atoms with van der Waals surface area (Å²) in [4.78, 5) is 31.1. The van der Waals surface area contributed by atoms with Crippen molar-refractivity contribution in [2.24, 2.45) is 0 Å². The van der Waals surface area contributed by atoms with E-state index in [0.717, 1.165) is 9.37 Å². The van der Waals surface area contributed by atoms with Gasteiger partial charge in [0.2, 0.25) is 11.7 Å². The van der Waals surface area contributed by atoms with Crippen LogP contribution in [0.2, 0.25) is 0 Å². The highest BCUT2D eigenvalue weighted by atomic mass is 79.9. The number of halogens is 1. The molecule has 2 aromatic carbocycles. The number of imide groups is 1. The number of hydrogen-bond acceptors (Lipinski definition) is 7.